The molecule has 0 fully saturated rings. The zero-order valence-electron chi connectivity index (χ0n) is 11.8. The number of Topliss-reactive ketones (excluding diaryl/α,β-unsaturated/α-hetero) is 1. The maximum absolute atomic E-state index is 12.3. The second-order valence-corrected chi connectivity index (χ2v) is 5.39. The highest BCUT2D eigenvalue weighted by atomic mass is 16.3. The molecule has 0 spiro atoms. The fourth-order valence-corrected chi connectivity index (χ4v) is 2.84. The van der Waals surface area contributed by atoms with Crippen LogP contribution in [-0.4, -0.2) is 29.8 Å². The summed E-state index contributed by atoms with van der Waals surface area (Å²) in [6.07, 6.45) is 0. The minimum Gasteiger partial charge on any atom is -0.508 e. The van der Waals surface area contributed by atoms with Crippen LogP contribution < -0.4 is 11.1 Å². The van der Waals surface area contributed by atoms with Crippen LogP contribution in [-0.2, 0) is 4.79 Å². The second kappa shape index (κ2) is 4.86. The summed E-state index contributed by atoms with van der Waals surface area (Å²) < 4.78 is 0. The number of rotatable bonds is 1. The van der Waals surface area contributed by atoms with Gasteiger partial charge in [-0.1, -0.05) is 18.7 Å². The van der Waals surface area contributed by atoms with Crippen molar-refractivity contribution in [1.82, 2.24) is 5.32 Å². The Kier molecular flexibility index (Phi) is 3.14. The Balaban J connectivity index is 2.17. The van der Waals surface area contributed by atoms with Crippen LogP contribution in [0.4, 0.5) is 0 Å². The van der Waals surface area contributed by atoms with Crippen LogP contribution in [0.1, 0.15) is 17.0 Å². The number of phenols is 1. The van der Waals surface area contributed by atoms with Crippen LogP contribution in [0.2, 0.25) is 0 Å². The summed E-state index contributed by atoms with van der Waals surface area (Å²) in [5.41, 5.74) is 9.59. The van der Waals surface area contributed by atoms with E-state index in [0.29, 0.717) is 35.8 Å². The van der Waals surface area contributed by atoms with Gasteiger partial charge < -0.3 is 16.2 Å². The van der Waals surface area contributed by atoms with E-state index in [1.807, 2.05) is 13.0 Å². The van der Waals surface area contributed by atoms with Gasteiger partial charge in [-0.25, -0.2) is 4.99 Å². The normalized spacial score (nSPS) is 22.1. The van der Waals surface area contributed by atoms with E-state index in [4.69, 9.17) is 5.73 Å². The van der Waals surface area contributed by atoms with Crippen LogP contribution in [0.15, 0.2) is 46.6 Å². The van der Waals surface area contributed by atoms with Gasteiger partial charge in [-0.05, 0) is 29.7 Å². The Hall–Kier alpha value is -2.40. The molecule has 0 aromatic heterocycles. The number of aryl methyl sites for hydroxylation is 1. The molecule has 2 aliphatic heterocycles. The van der Waals surface area contributed by atoms with Gasteiger partial charge in [-0.3, -0.25) is 4.79 Å². The largest absolute Gasteiger partial charge is 0.508 e. The number of aliphatic imine (C=N–C) groups is 1. The molecule has 1 aromatic rings. The van der Waals surface area contributed by atoms with Gasteiger partial charge in [0.05, 0.1) is 12.2 Å². The predicted molar refractivity (Wildman–Crippen MR) is 81.2 cm³/mol. The average molecular weight is 283 g/mol. The molecule has 1 unspecified atom stereocenters. The standard InChI is InChI=1S/C16H17N3O2/c1-8-5-10(3-4-12(8)20)14-9(2)16(17)19-11-6-18-7-13(21)15(11)14/h3-5,14,18,20H,2,6-7H2,1H3,(H2,17,19). The van der Waals surface area contributed by atoms with Crippen LogP contribution in [0.3, 0.4) is 0 Å². The maximum Gasteiger partial charge on any atom is 0.175 e. The first-order valence-corrected chi connectivity index (χ1v) is 6.79. The molecule has 0 radical (unpaired) electrons. The number of carbonyl (C=O) groups excluding carboxylic acids is 1. The number of ketones is 1. The van der Waals surface area contributed by atoms with Crippen molar-refractivity contribution in [3.8, 4) is 5.75 Å². The van der Waals surface area contributed by atoms with E-state index in [0.717, 1.165) is 11.1 Å². The van der Waals surface area contributed by atoms with Gasteiger partial charge in [0, 0.05) is 18.0 Å². The summed E-state index contributed by atoms with van der Waals surface area (Å²) in [5, 5.41) is 12.7. The molecule has 1 aromatic carbocycles. The van der Waals surface area contributed by atoms with Crippen molar-refractivity contribution in [1.29, 1.82) is 0 Å². The second-order valence-electron chi connectivity index (χ2n) is 5.39. The van der Waals surface area contributed by atoms with Gasteiger partial charge in [0.15, 0.2) is 5.78 Å². The average Bonchev–Trinajstić information content (AvgIpc) is 2.44. The lowest BCUT2D eigenvalue weighted by Crippen LogP contribution is -2.39. The number of hydrogen-bond donors (Lipinski definition) is 3. The van der Waals surface area contributed by atoms with Crippen molar-refractivity contribution < 1.29 is 9.90 Å². The lowest BCUT2D eigenvalue weighted by Gasteiger charge is -2.31. The van der Waals surface area contributed by atoms with E-state index in [1.54, 1.807) is 12.1 Å². The molecule has 4 N–H and O–H groups in total. The zero-order valence-corrected chi connectivity index (χ0v) is 11.8. The van der Waals surface area contributed by atoms with E-state index in [-0.39, 0.29) is 17.5 Å². The number of aromatic hydroxyl groups is 1. The smallest absolute Gasteiger partial charge is 0.175 e. The number of nitrogens with one attached hydrogen (secondary N) is 1. The first kappa shape index (κ1) is 13.6. The number of benzene rings is 1. The van der Waals surface area contributed by atoms with E-state index in [1.165, 1.54) is 0 Å². The van der Waals surface area contributed by atoms with Gasteiger partial charge in [0.2, 0.25) is 0 Å². The van der Waals surface area contributed by atoms with Gasteiger partial charge in [0.1, 0.15) is 11.6 Å². The SMILES string of the molecule is C=C1C(N)=NC2=C(C(=O)CNC2)C1c1ccc(O)c(C)c1. The first-order valence-electron chi connectivity index (χ1n) is 6.79. The topological polar surface area (TPSA) is 87.7 Å². The quantitative estimate of drug-likeness (QED) is 0.721. The Labute approximate surface area is 122 Å². The Bertz CT molecular complexity index is 716. The molecule has 21 heavy (non-hydrogen) atoms. The number of nitrogens with zero attached hydrogens (tertiary/aromatic N) is 1. The summed E-state index contributed by atoms with van der Waals surface area (Å²) >= 11 is 0. The molecule has 0 saturated carbocycles. The minimum absolute atomic E-state index is 0.0179. The molecule has 0 saturated heterocycles. The molecule has 5 heteroatoms. The van der Waals surface area contributed by atoms with E-state index >= 15 is 0 Å². The molecule has 2 aliphatic rings. The lowest BCUT2D eigenvalue weighted by molar-refractivity contribution is -0.115. The van der Waals surface area contributed by atoms with Gasteiger partial charge >= 0.3 is 0 Å². The van der Waals surface area contributed by atoms with Gasteiger partial charge in [-0.15, -0.1) is 0 Å². The van der Waals surface area contributed by atoms with Gasteiger partial charge in [0.25, 0.3) is 0 Å². The van der Waals surface area contributed by atoms with Crippen molar-refractivity contribution >= 4 is 11.6 Å². The molecular formula is C16H17N3O2. The summed E-state index contributed by atoms with van der Waals surface area (Å²) in [4.78, 5) is 16.6. The monoisotopic (exact) mass is 283 g/mol. The van der Waals surface area contributed by atoms with E-state index in [9.17, 15) is 9.90 Å². The minimum atomic E-state index is -0.286. The Morgan fingerprint density at radius 1 is 1.43 bits per heavy atom. The number of amidine groups is 1. The number of nitrogens with two attached hydrogens (primary N) is 1. The molecule has 2 heterocycles. The van der Waals surface area contributed by atoms with Crippen molar-refractivity contribution in [3.63, 3.8) is 0 Å². The summed E-state index contributed by atoms with van der Waals surface area (Å²) in [5.74, 6) is 0.324. The van der Waals surface area contributed by atoms with E-state index < -0.39 is 0 Å². The van der Waals surface area contributed by atoms with Gasteiger partial charge in [-0.2, -0.15) is 0 Å². The van der Waals surface area contributed by atoms with E-state index in [2.05, 4.69) is 16.9 Å². The fourth-order valence-electron chi connectivity index (χ4n) is 2.84. The Morgan fingerprint density at radius 2 is 2.19 bits per heavy atom. The molecule has 0 bridgehead atoms. The van der Waals surface area contributed by atoms with Crippen LogP contribution >= 0.6 is 0 Å². The summed E-state index contributed by atoms with van der Waals surface area (Å²) in [6, 6.07) is 5.30. The molecule has 5 nitrogen and oxygen atoms in total. The third-order valence-corrected chi connectivity index (χ3v) is 3.97. The molecule has 0 amide bonds. The summed E-state index contributed by atoms with van der Waals surface area (Å²) in [6.45, 7) is 6.66. The highest BCUT2D eigenvalue weighted by molar-refractivity contribution is 6.08. The fraction of sp³-hybridized carbons (Fsp3) is 0.250. The highest BCUT2D eigenvalue weighted by Crippen LogP contribution is 2.39. The number of phenolic OH excluding ortho intramolecular Hbond substituents is 1. The highest BCUT2D eigenvalue weighted by Gasteiger charge is 2.35. The first-order chi connectivity index (χ1) is 9.99. The molecule has 0 aliphatic carbocycles. The Morgan fingerprint density at radius 3 is 2.90 bits per heavy atom. The van der Waals surface area contributed by atoms with Crippen LogP contribution in [0.25, 0.3) is 0 Å². The van der Waals surface area contributed by atoms with Crippen molar-refractivity contribution in [3.05, 3.63) is 52.7 Å². The lowest BCUT2D eigenvalue weighted by atomic mass is 9.78. The molecule has 108 valence electrons. The van der Waals surface area contributed by atoms with Crippen LogP contribution in [0.5, 0.6) is 5.75 Å². The zero-order chi connectivity index (χ0) is 15.1. The number of carbonyl (C=O) groups is 1. The maximum atomic E-state index is 12.3. The van der Waals surface area contributed by atoms with Crippen LogP contribution in [0, 0.1) is 6.92 Å². The summed E-state index contributed by atoms with van der Waals surface area (Å²) in [7, 11) is 0. The molecular weight excluding hydrogens is 266 g/mol. The molecule has 3 rings (SSSR count). The number of hydrogen-bond acceptors (Lipinski definition) is 5. The third-order valence-electron chi connectivity index (χ3n) is 3.97. The van der Waals surface area contributed by atoms with Crippen molar-refractivity contribution in [2.75, 3.05) is 13.1 Å². The van der Waals surface area contributed by atoms with Crippen molar-refractivity contribution in [2.45, 2.75) is 12.8 Å². The van der Waals surface area contributed by atoms with Crippen molar-refractivity contribution in [2.24, 2.45) is 10.7 Å². The third kappa shape index (κ3) is 2.15. The predicted octanol–water partition coefficient (Wildman–Crippen LogP) is 1.14. The molecule has 1 atom stereocenters.